The Hall–Kier alpha value is -2.82. The van der Waals surface area contributed by atoms with Gasteiger partial charge < -0.3 is 16.0 Å². The van der Waals surface area contributed by atoms with E-state index in [1.165, 1.54) is 0 Å². The lowest BCUT2D eigenvalue weighted by Crippen LogP contribution is -2.43. The van der Waals surface area contributed by atoms with E-state index in [2.05, 4.69) is 16.0 Å². The van der Waals surface area contributed by atoms with Crippen LogP contribution in [0.4, 0.5) is 4.79 Å². The molecule has 0 aromatic heterocycles. The number of benzene rings is 2. The normalized spacial score (nSPS) is 11.3. The lowest BCUT2D eigenvalue weighted by atomic mass is 10.1. The summed E-state index contributed by atoms with van der Waals surface area (Å²) >= 11 is 0. The average Bonchev–Trinajstić information content (AvgIpc) is 2.59. The zero-order chi connectivity index (χ0) is 15.8. The zero-order valence-corrected chi connectivity index (χ0v) is 12.4. The van der Waals surface area contributed by atoms with Crippen LogP contribution >= 0.6 is 0 Å². The van der Waals surface area contributed by atoms with Crippen LogP contribution in [-0.4, -0.2) is 19.0 Å². The highest BCUT2D eigenvalue weighted by Crippen LogP contribution is 2.12. The Labute approximate surface area is 129 Å². The third-order valence-electron chi connectivity index (χ3n) is 3.21. The van der Waals surface area contributed by atoms with Gasteiger partial charge in [-0.2, -0.15) is 0 Å². The van der Waals surface area contributed by atoms with Crippen LogP contribution in [0.25, 0.3) is 0 Å². The van der Waals surface area contributed by atoms with Gasteiger partial charge in [-0.25, -0.2) is 4.79 Å². The van der Waals surface area contributed by atoms with Crippen molar-refractivity contribution in [1.82, 2.24) is 16.0 Å². The molecule has 2 aromatic carbocycles. The standard InChI is InChI=1S/C17H19N3O2/c1-18-16(21)15(14-10-6-3-7-11-14)20-17(22)19-12-13-8-4-2-5-9-13/h2-11,15H,12H2,1H3,(H,18,21)(H2,19,20,22). The monoisotopic (exact) mass is 297 g/mol. The summed E-state index contributed by atoms with van der Waals surface area (Å²) in [5, 5.41) is 8.00. The number of hydrogen-bond acceptors (Lipinski definition) is 2. The maximum absolute atomic E-state index is 12.0. The van der Waals surface area contributed by atoms with E-state index in [0.717, 1.165) is 11.1 Å². The third-order valence-corrected chi connectivity index (χ3v) is 3.21. The van der Waals surface area contributed by atoms with Crippen molar-refractivity contribution in [3.63, 3.8) is 0 Å². The van der Waals surface area contributed by atoms with Crippen LogP contribution in [0.5, 0.6) is 0 Å². The molecule has 0 bridgehead atoms. The molecule has 0 saturated carbocycles. The van der Waals surface area contributed by atoms with Crippen molar-refractivity contribution in [3.05, 3.63) is 71.8 Å². The molecule has 0 saturated heterocycles. The van der Waals surface area contributed by atoms with Crippen LogP contribution in [0.15, 0.2) is 60.7 Å². The van der Waals surface area contributed by atoms with Crippen molar-refractivity contribution in [2.75, 3.05) is 7.05 Å². The minimum Gasteiger partial charge on any atom is -0.357 e. The highest BCUT2D eigenvalue weighted by Gasteiger charge is 2.21. The molecule has 3 amide bonds. The second-order valence-corrected chi connectivity index (χ2v) is 4.77. The van der Waals surface area contributed by atoms with Gasteiger partial charge in [-0.05, 0) is 11.1 Å². The Bertz CT molecular complexity index is 614. The molecule has 2 aromatic rings. The average molecular weight is 297 g/mol. The van der Waals surface area contributed by atoms with Gasteiger partial charge in [0.2, 0.25) is 5.91 Å². The van der Waals surface area contributed by atoms with E-state index in [0.29, 0.717) is 6.54 Å². The van der Waals surface area contributed by atoms with Gasteiger partial charge in [0.25, 0.3) is 0 Å². The molecule has 3 N–H and O–H groups in total. The molecule has 5 nitrogen and oxygen atoms in total. The Morgan fingerprint density at radius 3 is 2.14 bits per heavy atom. The van der Waals surface area contributed by atoms with E-state index in [-0.39, 0.29) is 11.9 Å². The fraction of sp³-hybridized carbons (Fsp3) is 0.176. The van der Waals surface area contributed by atoms with Crippen LogP contribution < -0.4 is 16.0 Å². The molecule has 5 heteroatoms. The summed E-state index contributed by atoms with van der Waals surface area (Å²) in [5.74, 6) is -0.263. The number of rotatable bonds is 5. The number of likely N-dealkylation sites (N-methyl/N-ethyl adjacent to an activating group) is 1. The van der Waals surface area contributed by atoms with Gasteiger partial charge in [0.15, 0.2) is 0 Å². The molecular weight excluding hydrogens is 278 g/mol. The SMILES string of the molecule is CNC(=O)C(NC(=O)NCc1ccccc1)c1ccccc1. The minimum absolute atomic E-state index is 0.263. The lowest BCUT2D eigenvalue weighted by molar-refractivity contribution is -0.122. The first kappa shape index (κ1) is 15.6. The molecule has 0 aliphatic heterocycles. The van der Waals surface area contributed by atoms with Crippen LogP contribution in [0.2, 0.25) is 0 Å². The zero-order valence-electron chi connectivity index (χ0n) is 12.4. The van der Waals surface area contributed by atoms with Gasteiger partial charge in [-0.15, -0.1) is 0 Å². The number of hydrogen-bond donors (Lipinski definition) is 3. The highest BCUT2D eigenvalue weighted by molar-refractivity contribution is 5.87. The summed E-state index contributed by atoms with van der Waals surface area (Å²) in [5.41, 5.74) is 1.73. The number of nitrogens with one attached hydrogen (secondary N) is 3. The fourth-order valence-corrected chi connectivity index (χ4v) is 2.05. The van der Waals surface area contributed by atoms with E-state index >= 15 is 0 Å². The van der Waals surface area contributed by atoms with Crippen molar-refractivity contribution < 1.29 is 9.59 Å². The highest BCUT2D eigenvalue weighted by atomic mass is 16.2. The number of carbonyl (C=O) groups excluding carboxylic acids is 2. The van der Waals surface area contributed by atoms with E-state index in [4.69, 9.17) is 0 Å². The summed E-state index contributed by atoms with van der Waals surface area (Å²) in [7, 11) is 1.54. The van der Waals surface area contributed by atoms with Crippen LogP contribution in [-0.2, 0) is 11.3 Å². The summed E-state index contributed by atoms with van der Waals surface area (Å²) in [6, 6.07) is 17.6. The quantitative estimate of drug-likeness (QED) is 0.789. The summed E-state index contributed by atoms with van der Waals surface area (Å²) in [4.78, 5) is 24.0. The first-order valence-electron chi connectivity index (χ1n) is 7.05. The third kappa shape index (κ3) is 4.34. The van der Waals surface area contributed by atoms with Gasteiger partial charge >= 0.3 is 6.03 Å². The Morgan fingerprint density at radius 1 is 0.955 bits per heavy atom. The number of amides is 3. The molecule has 0 spiro atoms. The number of carbonyl (C=O) groups is 2. The minimum atomic E-state index is -0.720. The fourth-order valence-electron chi connectivity index (χ4n) is 2.05. The van der Waals surface area contributed by atoms with Crippen molar-refractivity contribution in [2.45, 2.75) is 12.6 Å². The molecular formula is C17H19N3O2. The van der Waals surface area contributed by atoms with Crippen molar-refractivity contribution in [2.24, 2.45) is 0 Å². The van der Waals surface area contributed by atoms with Gasteiger partial charge in [0.05, 0.1) is 0 Å². The van der Waals surface area contributed by atoms with Crippen LogP contribution in [0.1, 0.15) is 17.2 Å². The largest absolute Gasteiger partial charge is 0.357 e. The van der Waals surface area contributed by atoms with E-state index in [9.17, 15) is 9.59 Å². The van der Waals surface area contributed by atoms with Gasteiger partial charge in [-0.1, -0.05) is 60.7 Å². The maximum atomic E-state index is 12.0. The summed E-state index contributed by atoms with van der Waals surface area (Å²) in [6.07, 6.45) is 0. The predicted octanol–water partition coefficient (Wildman–Crippen LogP) is 1.97. The molecule has 0 aliphatic carbocycles. The molecule has 1 atom stereocenters. The van der Waals surface area contributed by atoms with Gasteiger partial charge in [0, 0.05) is 13.6 Å². The lowest BCUT2D eigenvalue weighted by Gasteiger charge is -2.18. The second kappa shape index (κ2) is 7.83. The maximum Gasteiger partial charge on any atom is 0.315 e. The summed E-state index contributed by atoms with van der Waals surface area (Å²) < 4.78 is 0. The molecule has 1 unspecified atom stereocenters. The van der Waals surface area contributed by atoms with E-state index in [1.54, 1.807) is 19.2 Å². The Kier molecular flexibility index (Phi) is 5.54. The van der Waals surface area contributed by atoms with Crippen LogP contribution in [0.3, 0.4) is 0 Å². The molecule has 0 radical (unpaired) electrons. The second-order valence-electron chi connectivity index (χ2n) is 4.77. The number of urea groups is 1. The molecule has 0 heterocycles. The molecule has 2 rings (SSSR count). The van der Waals surface area contributed by atoms with Crippen molar-refractivity contribution in [3.8, 4) is 0 Å². The van der Waals surface area contributed by atoms with Crippen LogP contribution in [0, 0.1) is 0 Å². The molecule has 114 valence electrons. The summed E-state index contributed by atoms with van der Waals surface area (Å²) in [6.45, 7) is 0.405. The van der Waals surface area contributed by atoms with Gasteiger partial charge in [-0.3, -0.25) is 4.79 Å². The molecule has 0 aliphatic rings. The molecule has 22 heavy (non-hydrogen) atoms. The Morgan fingerprint density at radius 2 is 1.55 bits per heavy atom. The van der Waals surface area contributed by atoms with Gasteiger partial charge in [0.1, 0.15) is 6.04 Å². The van der Waals surface area contributed by atoms with E-state index < -0.39 is 6.04 Å². The smallest absolute Gasteiger partial charge is 0.315 e. The van der Waals surface area contributed by atoms with Crippen molar-refractivity contribution in [1.29, 1.82) is 0 Å². The van der Waals surface area contributed by atoms with E-state index in [1.807, 2.05) is 48.5 Å². The van der Waals surface area contributed by atoms with Crippen molar-refractivity contribution >= 4 is 11.9 Å². The topological polar surface area (TPSA) is 70.2 Å². The first-order valence-corrected chi connectivity index (χ1v) is 7.05. The Balaban J connectivity index is 1.98. The first-order chi connectivity index (χ1) is 10.7. The predicted molar refractivity (Wildman–Crippen MR) is 85.1 cm³/mol. The molecule has 0 fully saturated rings.